The Morgan fingerprint density at radius 2 is 1.86 bits per heavy atom. The zero-order chi connectivity index (χ0) is 10.7. The number of hydrogen-bond acceptors (Lipinski definition) is 3. The van der Waals surface area contributed by atoms with E-state index in [2.05, 4.69) is 6.07 Å². The summed E-state index contributed by atoms with van der Waals surface area (Å²) < 4.78 is 0. The Hall–Kier alpha value is -1.69. The number of hydrogen-bond donors (Lipinski definition) is 2. The number of benzene rings is 1. The zero-order valence-corrected chi connectivity index (χ0v) is 8.23. The Morgan fingerprint density at radius 1 is 1.21 bits per heavy atom. The minimum absolute atomic E-state index is 0.158. The fourth-order valence-electron chi connectivity index (χ4n) is 1.34. The molecule has 74 valence electrons. The first kappa shape index (κ1) is 10.4. The van der Waals surface area contributed by atoms with Crippen LogP contribution in [-0.4, -0.2) is 10.2 Å². The molecule has 0 spiro atoms. The normalized spacial score (nSPS) is 12.4. The molecule has 0 fully saturated rings. The summed E-state index contributed by atoms with van der Waals surface area (Å²) in [5.74, 6) is -0.400. The number of phenols is 2. The van der Waals surface area contributed by atoms with Gasteiger partial charge in [-0.3, -0.25) is 0 Å². The zero-order valence-electron chi connectivity index (χ0n) is 8.23. The minimum atomic E-state index is -0.249. The van der Waals surface area contributed by atoms with Crippen LogP contribution in [0.3, 0.4) is 0 Å². The average Bonchev–Trinajstić information content (AvgIpc) is 2.11. The summed E-state index contributed by atoms with van der Waals surface area (Å²) in [5.41, 5.74) is 0.734. The predicted molar refractivity (Wildman–Crippen MR) is 53.0 cm³/mol. The maximum absolute atomic E-state index is 9.27. The van der Waals surface area contributed by atoms with Gasteiger partial charge >= 0.3 is 0 Å². The van der Waals surface area contributed by atoms with E-state index in [0.717, 1.165) is 5.56 Å². The van der Waals surface area contributed by atoms with E-state index in [0.29, 0.717) is 0 Å². The molecule has 0 radical (unpaired) electrons. The largest absolute Gasteiger partial charge is 0.504 e. The Balaban J connectivity index is 3.08. The van der Waals surface area contributed by atoms with Crippen LogP contribution >= 0.6 is 0 Å². The third-order valence-corrected chi connectivity index (χ3v) is 2.16. The lowest BCUT2D eigenvalue weighted by Crippen LogP contribution is -2.03. The lowest BCUT2D eigenvalue weighted by Gasteiger charge is -2.13. The van der Waals surface area contributed by atoms with Crippen molar-refractivity contribution in [3.8, 4) is 17.6 Å². The maximum atomic E-state index is 9.27. The summed E-state index contributed by atoms with van der Waals surface area (Å²) in [6.45, 7) is 3.88. The van der Waals surface area contributed by atoms with E-state index < -0.39 is 0 Å². The molecule has 1 atom stereocenters. The number of nitrogens with zero attached hydrogens (tertiary/aromatic N) is 1. The second-order valence-electron chi connectivity index (χ2n) is 3.60. The van der Waals surface area contributed by atoms with Gasteiger partial charge in [0.1, 0.15) is 0 Å². The van der Waals surface area contributed by atoms with Crippen molar-refractivity contribution in [2.75, 3.05) is 0 Å². The van der Waals surface area contributed by atoms with Gasteiger partial charge in [0.25, 0.3) is 0 Å². The molecule has 1 aromatic carbocycles. The van der Waals surface area contributed by atoms with Crippen molar-refractivity contribution in [2.45, 2.75) is 19.8 Å². The number of phenolic OH excluding ortho intramolecular Hbond substituents is 2. The van der Waals surface area contributed by atoms with Crippen molar-refractivity contribution in [1.82, 2.24) is 0 Å². The monoisotopic (exact) mass is 191 g/mol. The summed E-state index contributed by atoms with van der Waals surface area (Å²) in [7, 11) is 0. The molecule has 0 aromatic heterocycles. The third kappa shape index (κ3) is 1.97. The summed E-state index contributed by atoms with van der Waals surface area (Å²) >= 11 is 0. The van der Waals surface area contributed by atoms with Gasteiger partial charge in [-0.1, -0.05) is 19.9 Å². The third-order valence-electron chi connectivity index (χ3n) is 2.16. The van der Waals surface area contributed by atoms with Gasteiger partial charge in [0.15, 0.2) is 11.5 Å². The first-order chi connectivity index (χ1) is 6.56. The van der Waals surface area contributed by atoms with Gasteiger partial charge < -0.3 is 10.2 Å². The first-order valence-corrected chi connectivity index (χ1v) is 4.47. The summed E-state index contributed by atoms with van der Waals surface area (Å²) in [4.78, 5) is 0. The van der Waals surface area contributed by atoms with E-state index in [9.17, 15) is 5.11 Å². The van der Waals surface area contributed by atoms with E-state index in [1.54, 1.807) is 6.07 Å². The van der Waals surface area contributed by atoms with Crippen molar-refractivity contribution >= 4 is 0 Å². The van der Waals surface area contributed by atoms with Gasteiger partial charge in [0.05, 0.1) is 12.0 Å². The van der Waals surface area contributed by atoms with E-state index in [1.165, 1.54) is 12.1 Å². The molecule has 1 aromatic rings. The molecule has 1 rings (SSSR count). The highest BCUT2D eigenvalue weighted by Crippen LogP contribution is 2.31. The van der Waals surface area contributed by atoms with Gasteiger partial charge in [-0.05, 0) is 23.6 Å². The van der Waals surface area contributed by atoms with Gasteiger partial charge in [-0.2, -0.15) is 5.26 Å². The second kappa shape index (κ2) is 4.01. The molecule has 3 heteroatoms. The number of nitriles is 1. The lowest BCUT2D eigenvalue weighted by atomic mass is 9.90. The van der Waals surface area contributed by atoms with Crippen molar-refractivity contribution in [3.05, 3.63) is 23.8 Å². The lowest BCUT2D eigenvalue weighted by molar-refractivity contribution is 0.402. The van der Waals surface area contributed by atoms with E-state index in [4.69, 9.17) is 10.4 Å². The smallest absolute Gasteiger partial charge is 0.157 e. The fraction of sp³-hybridized carbons (Fsp3) is 0.364. The van der Waals surface area contributed by atoms with Crippen LogP contribution in [0.15, 0.2) is 18.2 Å². The molecule has 0 saturated carbocycles. The second-order valence-corrected chi connectivity index (χ2v) is 3.60. The van der Waals surface area contributed by atoms with Gasteiger partial charge in [0.2, 0.25) is 0 Å². The molecule has 0 aliphatic rings. The molecule has 0 aliphatic heterocycles. The first-order valence-electron chi connectivity index (χ1n) is 4.47. The standard InChI is InChI=1S/C11H13NO2/c1-7(2)9(6-12)8-3-4-10(13)11(14)5-8/h3-5,7,9,13-14H,1-2H3. The van der Waals surface area contributed by atoms with Crippen LogP contribution in [0, 0.1) is 17.2 Å². The Labute approximate surface area is 83.2 Å². The molecular formula is C11H13NO2. The minimum Gasteiger partial charge on any atom is -0.504 e. The topological polar surface area (TPSA) is 64.2 Å². The molecule has 1 unspecified atom stereocenters. The molecule has 2 N–H and O–H groups in total. The van der Waals surface area contributed by atoms with E-state index in [-0.39, 0.29) is 23.3 Å². The van der Waals surface area contributed by atoms with Crippen LogP contribution in [0.2, 0.25) is 0 Å². The molecule has 0 amide bonds. The van der Waals surface area contributed by atoms with Crippen LogP contribution in [-0.2, 0) is 0 Å². The number of aromatic hydroxyl groups is 2. The van der Waals surface area contributed by atoms with Crippen LogP contribution in [0.5, 0.6) is 11.5 Å². The van der Waals surface area contributed by atoms with Crippen molar-refractivity contribution in [1.29, 1.82) is 5.26 Å². The Morgan fingerprint density at radius 3 is 2.29 bits per heavy atom. The summed E-state index contributed by atoms with van der Waals surface area (Å²) in [6.07, 6.45) is 0. The highest BCUT2D eigenvalue weighted by molar-refractivity contribution is 5.43. The SMILES string of the molecule is CC(C)C(C#N)c1ccc(O)c(O)c1. The maximum Gasteiger partial charge on any atom is 0.157 e. The van der Waals surface area contributed by atoms with Gasteiger partial charge in [0, 0.05) is 0 Å². The summed E-state index contributed by atoms with van der Waals surface area (Å²) in [5, 5.41) is 27.3. The Bertz CT molecular complexity index is 366. The highest BCUT2D eigenvalue weighted by Gasteiger charge is 2.16. The molecule has 0 heterocycles. The number of rotatable bonds is 2. The van der Waals surface area contributed by atoms with Gasteiger partial charge in [-0.25, -0.2) is 0 Å². The predicted octanol–water partition coefficient (Wildman–Crippen LogP) is 2.36. The molecule has 3 nitrogen and oxygen atoms in total. The Kier molecular flexibility index (Phi) is 2.98. The summed E-state index contributed by atoms with van der Waals surface area (Å²) in [6, 6.07) is 6.66. The van der Waals surface area contributed by atoms with Crippen LogP contribution < -0.4 is 0 Å². The van der Waals surface area contributed by atoms with Crippen LogP contribution in [0.4, 0.5) is 0 Å². The highest BCUT2D eigenvalue weighted by atomic mass is 16.3. The van der Waals surface area contributed by atoms with E-state index >= 15 is 0 Å². The molecular weight excluding hydrogens is 178 g/mol. The molecule has 14 heavy (non-hydrogen) atoms. The molecule has 0 aliphatic carbocycles. The van der Waals surface area contributed by atoms with Crippen LogP contribution in [0.25, 0.3) is 0 Å². The van der Waals surface area contributed by atoms with Crippen molar-refractivity contribution < 1.29 is 10.2 Å². The van der Waals surface area contributed by atoms with Crippen molar-refractivity contribution in [2.24, 2.45) is 5.92 Å². The molecule has 0 bridgehead atoms. The molecule has 0 saturated heterocycles. The average molecular weight is 191 g/mol. The quantitative estimate of drug-likeness (QED) is 0.705. The van der Waals surface area contributed by atoms with E-state index in [1.807, 2.05) is 13.8 Å². The van der Waals surface area contributed by atoms with Crippen molar-refractivity contribution in [3.63, 3.8) is 0 Å². The van der Waals surface area contributed by atoms with Crippen LogP contribution in [0.1, 0.15) is 25.3 Å². The van der Waals surface area contributed by atoms with Gasteiger partial charge in [-0.15, -0.1) is 0 Å². The fourth-order valence-corrected chi connectivity index (χ4v) is 1.34.